The van der Waals surface area contributed by atoms with Crippen LogP contribution >= 0.6 is 11.6 Å². The lowest BCUT2D eigenvalue weighted by molar-refractivity contribution is 0.380. The molecule has 1 nitrogen and oxygen atoms in total. The number of hydrogen-bond donors (Lipinski definition) is 0. The van der Waals surface area contributed by atoms with Crippen molar-refractivity contribution in [1.29, 1.82) is 0 Å². The van der Waals surface area contributed by atoms with E-state index >= 15 is 0 Å². The molecule has 152 valence electrons. The molecule has 0 saturated carbocycles. The van der Waals surface area contributed by atoms with Gasteiger partial charge in [-0.25, -0.2) is 48.9 Å². The number of rotatable bonds is 2. The first-order chi connectivity index (χ1) is 13.5. The van der Waals surface area contributed by atoms with E-state index in [1.807, 2.05) is 0 Å². The average Bonchev–Trinajstić information content (AvgIpc) is 2.70. The highest BCUT2D eigenvalue weighted by atomic mass is 35.5. The first-order valence-electron chi connectivity index (χ1n) is 7.19. The van der Waals surface area contributed by atoms with Gasteiger partial charge in [-0.2, -0.15) is 0 Å². The molecule has 0 saturated heterocycles. The van der Waals surface area contributed by atoms with Crippen LogP contribution in [0.25, 0.3) is 22.5 Å². The Morgan fingerprint density at radius 2 is 0.828 bits per heavy atom. The van der Waals surface area contributed by atoms with Gasteiger partial charge in [0.2, 0.25) is 11.6 Å². The standard InChI is InChI=1S/C17H2ClF10N/c18-3-1-2-4(5-7(19)11(23)15(27)12(24)8(5)20)29-17(3)6-9(21)13(25)16(28)14(26)10(6)22/h1-2H. The Balaban J connectivity index is 2.37. The largest absolute Gasteiger partial charge is 0.246 e. The van der Waals surface area contributed by atoms with Crippen LogP contribution in [0.2, 0.25) is 5.02 Å². The molecule has 0 unspecified atom stereocenters. The van der Waals surface area contributed by atoms with Gasteiger partial charge in [-0.1, -0.05) is 11.6 Å². The first kappa shape index (κ1) is 20.9. The van der Waals surface area contributed by atoms with Crippen molar-refractivity contribution in [2.24, 2.45) is 0 Å². The predicted molar refractivity (Wildman–Crippen MR) is 79.7 cm³/mol. The maximum Gasteiger partial charge on any atom is 0.200 e. The summed E-state index contributed by atoms with van der Waals surface area (Å²) in [6.07, 6.45) is 0. The highest BCUT2D eigenvalue weighted by Crippen LogP contribution is 2.37. The van der Waals surface area contributed by atoms with Crippen LogP contribution in [0.4, 0.5) is 43.9 Å². The topological polar surface area (TPSA) is 12.9 Å². The first-order valence-corrected chi connectivity index (χ1v) is 7.56. The molecule has 0 fully saturated rings. The van der Waals surface area contributed by atoms with Gasteiger partial charge >= 0.3 is 0 Å². The third kappa shape index (κ3) is 3.09. The monoisotopic (exact) mass is 445 g/mol. The van der Waals surface area contributed by atoms with Crippen molar-refractivity contribution in [3.05, 3.63) is 75.3 Å². The molecule has 29 heavy (non-hydrogen) atoms. The van der Waals surface area contributed by atoms with Gasteiger partial charge in [-0.05, 0) is 12.1 Å². The number of aromatic nitrogens is 1. The summed E-state index contributed by atoms with van der Waals surface area (Å²) < 4.78 is 136. The van der Waals surface area contributed by atoms with E-state index in [4.69, 9.17) is 11.6 Å². The molecule has 0 spiro atoms. The van der Waals surface area contributed by atoms with Crippen molar-refractivity contribution >= 4 is 11.6 Å². The molecule has 0 bridgehead atoms. The van der Waals surface area contributed by atoms with E-state index in [0.717, 1.165) is 0 Å². The molecule has 0 aliphatic rings. The molecule has 1 heterocycles. The van der Waals surface area contributed by atoms with Crippen molar-refractivity contribution in [3.8, 4) is 22.5 Å². The van der Waals surface area contributed by atoms with E-state index in [2.05, 4.69) is 4.98 Å². The highest BCUT2D eigenvalue weighted by molar-refractivity contribution is 6.33. The highest BCUT2D eigenvalue weighted by Gasteiger charge is 2.31. The van der Waals surface area contributed by atoms with Crippen LogP contribution in [0, 0.1) is 58.2 Å². The zero-order chi connectivity index (χ0) is 21.8. The second kappa shape index (κ2) is 7.21. The van der Waals surface area contributed by atoms with Gasteiger partial charge < -0.3 is 0 Å². The van der Waals surface area contributed by atoms with Gasteiger partial charge in [0.1, 0.15) is 0 Å². The van der Waals surface area contributed by atoms with Crippen molar-refractivity contribution in [2.75, 3.05) is 0 Å². The third-order valence-electron chi connectivity index (χ3n) is 3.76. The van der Waals surface area contributed by atoms with Gasteiger partial charge in [0.05, 0.1) is 27.5 Å². The number of hydrogen-bond acceptors (Lipinski definition) is 1. The average molecular weight is 446 g/mol. The number of halogens is 11. The Labute approximate surface area is 159 Å². The van der Waals surface area contributed by atoms with Gasteiger partial charge in [0, 0.05) is 0 Å². The number of pyridine rings is 1. The van der Waals surface area contributed by atoms with Crippen molar-refractivity contribution in [2.45, 2.75) is 0 Å². The lowest BCUT2D eigenvalue weighted by Crippen LogP contribution is -2.07. The van der Waals surface area contributed by atoms with E-state index < -0.39 is 85.7 Å². The second-order valence-electron chi connectivity index (χ2n) is 5.42. The maximum absolute atomic E-state index is 14.0. The number of benzene rings is 2. The Bertz CT molecular complexity index is 1120. The Morgan fingerprint density at radius 3 is 1.24 bits per heavy atom. The summed E-state index contributed by atoms with van der Waals surface area (Å²) in [5.41, 5.74) is -5.50. The summed E-state index contributed by atoms with van der Waals surface area (Å²) in [7, 11) is 0. The Hall–Kier alpha value is -2.82. The van der Waals surface area contributed by atoms with Crippen LogP contribution in [-0.4, -0.2) is 4.98 Å². The van der Waals surface area contributed by atoms with E-state index in [1.54, 1.807) is 0 Å². The summed E-state index contributed by atoms with van der Waals surface area (Å²) in [4.78, 5) is 3.28. The normalized spacial score (nSPS) is 11.3. The van der Waals surface area contributed by atoms with Gasteiger partial charge in [-0.15, -0.1) is 0 Å². The second-order valence-corrected chi connectivity index (χ2v) is 5.82. The van der Waals surface area contributed by atoms with Gasteiger partial charge in [-0.3, -0.25) is 0 Å². The Morgan fingerprint density at radius 1 is 0.483 bits per heavy atom. The zero-order valence-electron chi connectivity index (χ0n) is 13.3. The van der Waals surface area contributed by atoms with Crippen molar-refractivity contribution in [1.82, 2.24) is 4.98 Å². The van der Waals surface area contributed by atoms with E-state index in [9.17, 15) is 43.9 Å². The summed E-state index contributed by atoms with van der Waals surface area (Å²) in [6.45, 7) is 0. The molecule has 3 rings (SSSR count). The summed E-state index contributed by atoms with van der Waals surface area (Å²) in [5, 5.41) is -0.735. The maximum atomic E-state index is 14.0. The minimum atomic E-state index is -2.49. The third-order valence-corrected chi connectivity index (χ3v) is 4.06. The van der Waals surface area contributed by atoms with Gasteiger partial charge in [0.15, 0.2) is 46.5 Å². The molecular formula is C17H2ClF10N. The lowest BCUT2D eigenvalue weighted by Gasteiger charge is -2.12. The van der Waals surface area contributed by atoms with Crippen LogP contribution < -0.4 is 0 Å². The summed E-state index contributed by atoms with van der Waals surface area (Å²) in [6, 6.07) is 1.28. The fourth-order valence-electron chi connectivity index (χ4n) is 2.40. The minimum Gasteiger partial charge on any atom is -0.246 e. The molecule has 0 radical (unpaired) electrons. The zero-order valence-corrected chi connectivity index (χ0v) is 14.0. The van der Waals surface area contributed by atoms with Crippen molar-refractivity contribution < 1.29 is 43.9 Å². The molecule has 0 aliphatic carbocycles. The quantitative estimate of drug-likeness (QED) is 0.251. The molecule has 2 aromatic carbocycles. The molecule has 1 aromatic heterocycles. The molecule has 12 heteroatoms. The minimum absolute atomic E-state index is 0.621. The van der Waals surface area contributed by atoms with Crippen LogP contribution in [-0.2, 0) is 0 Å². The Kier molecular flexibility index (Phi) is 5.20. The van der Waals surface area contributed by atoms with Crippen LogP contribution in [0.1, 0.15) is 0 Å². The smallest absolute Gasteiger partial charge is 0.200 e. The molecular weight excluding hydrogens is 444 g/mol. The SMILES string of the molecule is Fc1c(F)c(F)c(-c2ccc(Cl)c(-c3c(F)c(F)c(F)c(F)c3F)n2)c(F)c1F. The lowest BCUT2D eigenvalue weighted by atomic mass is 10.0. The van der Waals surface area contributed by atoms with Crippen LogP contribution in [0.5, 0.6) is 0 Å². The van der Waals surface area contributed by atoms with Gasteiger partial charge in [0.25, 0.3) is 0 Å². The molecule has 0 atom stereocenters. The van der Waals surface area contributed by atoms with E-state index in [0.29, 0.717) is 12.1 Å². The van der Waals surface area contributed by atoms with Crippen molar-refractivity contribution in [3.63, 3.8) is 0 Å². The fourth-order valence-corrected chi connectivity index (χ4v) is 2.60. The fraction of sp³-hybridized carbons (Fsp3) is 0. The molecule has 0 N–H and O–H groups in total. The van der Waals surface area contributed by atoms with Crippen LogP contribution in [0.3, 0.4) is 0 Å². The predicted octanol–water partition coefficient (Wildman–Crippen LogP) is 6.46. The summed E-state index contributed by atoms with van der Waals surface area (Å²) in [5.74, 6) is -23.8. The van der Waals surface area contributed by atoms with E-state index in [1.165, 1.54) is 0 Å². The molecule has 3 aromatic rings. The van der Waals surface area contributed by atoms with Crippen LogP contribution in [0.15, 0.2) is 12.1 Å². The molecule has 0 aliphatic heterocycles. The number of nitrogens with zero attached hydrogens (tertiary/aromatic N) is 1. The summed E-state index contributed by atoms with van der Waals surface area (Å²) >= 11 is 5.64. The van der Waals surface area contributed by atoms with E-state index in [-0.39, 0.29) is 0 Å². The molecule has 0 amide bonds.